The van der Waals surface area contributed by atoms with Gasteiger partial charge < -0.3 is 14.7 Å². The minimum atomic E-state index is -4.45. The lowest BCUT2D eigenvalue weighted by molar-refractivity contribution is -0.153. The third-order valence-electron chi connectivity index (χ3n) is 3.63. The fourth-order valence-electron chi connectivity index (χ4n) is 2.37. The Kier molecular flexibility index (Phi) is 6.81. The maximum absolute atomic E-state index is 12.6. The molecule has 0 fully saturated rings. The maximum atomic E-state index is 12.6. The number of alkyl halides is 3. The van der Waals surface area contributed by atoms with Gasteiger partial charge in [-0.15, -0.1) is 0 Å². The zero-order chi connectivity index (χ0) is 19.9. The van der Waals surface area contributed by atoms with Gasteiger partial charge in [0.2, 0.25) is 0 Å². The molecular formula is C19H18F3NO4. The summed E-state index contributed by atoms with van der Waals surface area (Å²) in [6.07, 6.45) is -3.98. The number of carboxylic acid groups (broad SMARTS) is 1. The molecule has 0 unspecified atom stereocenters. The number of carboxylic acids is 1. The third-order valence-corrected chi connectivity index (χ3v) is 3.63. The standard InChI is InChI=1S/C19H18F3NO4/c20-19(21,22)13-27-16-8-6-15(7-9-16)18(26)23(12-17(24)25)11-10-14-4-2-1-3-5-14/h1-9H,10-13H2,(H,24,25). The molecule has 2 aromatic carbocycles. The summed E-state index contributed by atoms with van der Waals surface area (Å²) in [4.78, 5) is 24.8. The lowest BCUT2D eigenvalue weighted by Crippen LogP contribution is -2.37. The molecule has 0 bridgehead atoms. The number of amides is 1. The third kappa shape index (κ3) is 7.01. The predicted molar refractivity (Wildman–Crippen MR) is 91.7 cm³/mol. The molecule has 0 aliphatic carbocycles. The Morgan fingerprint density at radius 2 is 1.63 bits per heavy atom. The smallest absolute Gasteiger partial charge is 0.422 e. The van der Waals surface area contributed by atoms with Crippen molar-refractivity contribution in [3.8, 4) is 5.75 Å². The largest absolute Gasteiger partial charge is 0.484 e. The van der Waals surface area contributed by atoms with Crippen LogP contribution in [0.4, 0.5) is 13.2 Å². The van der Waals surface area contributed by atoms with Gasteiger partial charge in [0.15, 0.2) is 6.61 Å². The summed E-state index contributed by atoms with van der Waals surface area (Å²) in [6.45, 7) is -1.71. The lowest BCUT2D eigenvalue weighted by Gasteiger charge is -2.21. The van der Waals surface area contributed by atoms with Crippen molar-refractivity contribution in [3.05, 3.63) is 65.7 Å². The summed E-state index contributed by atoms with van der Waals surface area (Å²) in [5, 5.41) is 9.05. The van der Waals surface area contributed by atoms with Gasteiger partial charge in [0.05, 0.1) is 0 Å². The van der Waals surface area contributed by atoms with Crippen molar-refractivity contribution in [1.82, 2.24) is 4.90 Å². The number of rotatable bonds is 8. The molecular weight excluding hydrogens is 363 g/mol. The molecule has 0 spiro atoms. The molecule has 0 saturated carbocycles. The number of carbonyl (C=O) groups is 2. The van der Waals surface area contributed by atoms with Crippen LogP contribution >= 0.6 is 0 Å². The highest BCUT2D eigenvalue weighted by atomic mass is 19.4. The molecule has 1 N–H and O–H groups in total. The SMILES string of the molecule is O=C(O)CN(CCc1ccccc1)C(=O)c1ccc(OCC(F)(F)F)cc1. The summed E-state index contributed by atoms with van der Waals surface area (Å²) in [5.74, 6) is -1.70. The van der Waals surface area contributed by atoms with E-state index in [9.17, 15) is 22.8 Å². The minimum absolute atomic E-state index is 0.0297. The van der Waals surface area contributed by atoms with E-state index in [-0.39, 0.29) is 17.9 Å². The van der Waals surface area contributed by atoms with E-state index in [1.807, 2.05) is 30.3 Å². The second-order valence-corrected chi connectivity index (χ2v) is 5.78. The molecule has 0 aliphatic heterocycles. The predicted octanol–water partition coefficient (Wildman–Crippen LogP) is 3.40. The molecule has 0 aromatic heterocycles. The van der Waals surface area contributed by atoms with E-state index in [1.165, 1.54) is 29.2 Å². The van der Waals surface area contributed by atoms with E-state index in [1.54, 1.807) is 0 Å². The van der Waals surface area contributed by atoms with E-state index in [0.29, 0.717) is 6.42 Å². The number of hydrogen-bond donors (Lipinski definition) is 1. The number of hydrogen-bond acceptors (Lipinski definition) is 3. The van der Waals surface area contributed by atoms with Crippen molar-refractivity contribution in [2.24, 2.45) is 0 Å². The molecule has 8 heteroatoms. The number of ether oxygens (including phenoxy) is 1. The van der Waals surface area contributed by atoms with Crippen LogP contribution in [-0.2, 0) is 11.2 Å². The first kappa shape index (κ1) is 20.3. The fourth-order valence-corrected chi connectivity index (χ4v) is 2.37. The molecule has 0 radical (unpaired) electrons. The Morgan fingerprint density at radius 3 is 2.19 bits per heavy atom. The van der Waals surface area contributed by atoms with E-state index in [4.69, 9.17) is 5.11 Å². The van der Waals surface area contributed by atoms with Gasteiger partial charge in [-0.1, -0.05) is 30.3 Å². The Bertz CT molecular complexity index is 761. The zero-order valence-electron chi connectivity index (χ0n) is 14.3. The van der Waals surface area contributed by atoms with Crippen molar-refractivity contribution in [1.29, 1.82) is 0 Å². The minimum Gasteiger partial charge on any atom is -0.484 e. The molecule has 0 atom stereocenters. The van der Waals surface area contributed by atoms with Crippen LogP contribution in [0.15, 0.2) is 54.6 Å². The first-order valence-electron chi connectivity index (χ1n) is 8.09. The highest BCUT2D eigenvalue weighted by molar-refractivity contribution is 5.96. The summed E-state index contributed by atoms with van der Waals surface area (Å²) in [5.41, 5.74) is 1.13. The first-order chi connectivity index (χ1) is 12.7. The Labute approximate surface area is 154 Å². The van der Waals surface area contributed by atoms with Gasteiger partial charge in [-0.05, 0) is 36.2 Å². The van der Waals surface area contributed by atoms with Crippen LogP contribution in [0.1, 0.15) is 15.9 Å². The van der Waals surface area contributed by atoms with Crippen LogP contribution in [0, 0.1) is 0 Å². The summed E-state index contributed by atoms with van der Waals surface area (Å²) in [7, 11) is 0. The van der Waals surface area contributed by atoms with E-state index >= 15 is 0 Å². The number of carbonyl (C=O) groups excluding carboxylic acids is 1. The summed E-state index contributed by atoms with van der Waals surface area (Å²) >= 11 is 0. The Balaban J connectivity index is 2.04. The zero-order valence-corrected chi connectivity index (χ0v) is 14.3. The molecule has 1 amide bonds. The molecule has 0 heterocycles. The lowest BCUT2D eigenvalue weighted by atomic mass is 10.1. The normalized spacial score (nSPS) is 11.1. The van der Waals surface area contributed by atoms with Gasteiger partial charge >= 0.3 is 12.1 Å². The topological polar surface area (TPSA) is 66.8 Å². The van der Waals surface area contributed by atoms with Gasteiger partial charge in [0, 0.05) is 12.1 Å². The van der Waals surface area contributed by atoms with Crippen LogP contribution < -0.4 is 4.74 Å². The van der Waals surface area contributed by atoms with Gasteiger partial charge in [0.25, 0.3) is 5.91 Å². The van der Waals surface area contributed by atoms with Crippen LogP contribution in [0.2, 0.25) is 0 Å². The van der Waals surface area contributed by atoms with Crippen LogP contribution in [0.5, 0.6) is 5.75 Å². The maximum Gasteiger partial charge on any atom is 0.422 e. The van der Waals surface area contributed by atoms with E-state index < -0.39 is 31.2 Å². The number of nitrogens with zero attached hydrogens (tertiary/aromatic N) is 1. The quantitative estimate of drug-likeness (QED) is 0.761. The molecule has 0 aliphatic rings. The molecule has 2 rings (SSSR count). The Morgan fingerprint density at radius 1 is 1.00 bits per heavy atom. The van der Waals surface area contributed by atoms with Crippen molar-refractivity contribution in [2.45, 2.75) is 12.6 Å². The van der Waals surface area contributed by atoms with Crippen LogP contribution in [-0.4, -0.2) is 47.8 Å². The molecule has 2 aromatic rings. The van der Waals surface area contributed by atoms with E-state index in [0.717, 1.165) is 5.56 Å². The molecule has 0 saturated heterocycles. The van der Waals surface area contributed by atoms with Gasteiger partial charge in [-0.3, -0.25) is 9.59 Å². The highest BCUT2D eigenvalue weighted by Crippen LogP contribution is 2.19. The number of halogens is 3. The molecule has 144 valence electrons. The molecule has 5 nitrogen and oxygen atoms in total. The number of aliphatic carboxylic acids is 1. The van der Waals surface area contributed by atoms with Gasteiger partial charge in [-0.25, -0.2) is 0 Å². The second kappa shape index (κ2) is 9.07. The van der Waals surface area contributed by atoms with Crippen molar-refractivity contribution >= 4 is 11.9 Å². The average Bonchev–Trinajstić information content (AvgIpc) is 2.63. The van der Waals surface area contributed by atoms with Crippen LogP contribution in [0.25, 0.3) is 0 Å². The van der Waals surface area contributed by atoms with Crippen LogP contribution in [0.3, 0.4) is 0 Å². The van der Waals surface area contributed by atoms with Crippen molar-refractivity contribution in [3.63, 3.8) is 0 Å². The monoisotopic (exact) mass is 381 g/mol. The summed E-state index contributed by atoms with van der Waals surface area (Å²) in [6, 6.07) is 14.4. The average molecular weight is 381 g/mol. The van der Waals surface area contributed by atoms with Gasteiger partial charge in [0.1, 0.15) is 12.3 Å². The first-order valence-corrected chi connectivity index (χ1v) is 8.09. The van der Waals surface area contributed by atoms with Gasteiger partial charge in [-0.2, -0.15) is 13.2 Å². The van der Waals surface area contributed by atoms with Crippen molar-refractivity contribution in [2.75, 3.05) is 19.7 Å². The fraction of sp³-hybridized carbons (Fsp3) is 0.263. The highest BCUT2D eigenvalue weighted by Gasteiger charge is 2.28. The van der Waals surface area contributed by atoms with Crippen molar-refractivity contribution < 1.29 is 32.6 Å². The second-order valence-electron chi connectivity index (χ2n) is 5.78. The van der Waals surface area contributed by atoms with E-state index in [2.05, 4.69) is 4.74 Å². The molecule has 27 heavy (non-hydrogen) atoms. The summed E-state index contributed by atoms with van der Waals surface area (Å²) < 4.78 is 41.1. The Hall–Kier alpha value is -3.03. The number of benzene rings is 2.